The summed E-state index contributed by atoms with van der Waals surface area (Å²) < 4.78 is 1.26. The molecule has 0 fully saturated rings. The van der Waals surface area contributed by atoms with Crippen molar-refractivity contribution in [3.8, 4) is 6.07 Å². The molecule has 132 valence electrons. The van der Waals surface area contributed by atoms with Crippen molar-refractivity contribution in [3.05, 3.63) is 66.9 Å². The molecule has 3 rings (SSSR count). The van der Waals surface area contributed by atoms with Gasteiger partial charge in [-0.15, -0.1) is 0 Å². The van der Waals surface area contributed by atoms with Crippen LogP contribution >= 0.6 is 11.6 Å². The number of halogens is 1. The van der Waals surface area contributed by atoms with Crippen molar-refractivity contribution in [1.29, 1.82) is 5.26 Å². The molecule has 0 aliphatic rings. The van der Waals surface area contributed by atoms with Crippen LogP contribution in [-0.2, 0) is 7.05 Å². The van der Waals surface area contributed by atoms with Crippen LogP contribution in [0.15, 0.2) is 33.9 Å². The normalized spacial score (nSPS) is 12.0. The summed E-state index contributed by atoms with van der Waals surface area (Å²) in [6, 6.07) is 8.04. The summed E-state index contributed by atoms with van der Waals surface area (Å²) in [6.07, 6.45) is 0. The third-order valence-corrected chi connectivity index (χ3v) is 4.63. The van der Waals surface area contributed by atoms with E-state index in [0.717, 1.165) is 0 Å². The molecule has 0 aromatic carbocycles. The minimum absolute atomic E-state index is 0.257. The van der Waals surface area contributed by atoms with Crippen LogP contribution in [0, 0.1) is 18.3 Å². The summed E-state index contributed by atoms with van der Waals surface area (Å²) in [6.45, 7) is 3.54. The highest BCUT2D eigenvalue weighted by molar-refractivity contribution is 6.31. The molecule has 0 radical (unpaired) electrons. The van der Waals surface area contributed by atoms with E-state index in [2.05, 4.69) is 15.3 Å². The minimum Gasteiger partial charge on any atom is -0.374 e. The summed E-state index contributed by atoms with van der Waals surface area (Å²) >= 11 is 6.12. The van der Waals surface area contributed by atoms with Crippen molar-refractivity contribution in [2.75, 3.05) is 5.32 Å². The number of fused-ring (bicyclic) bond motifs is 1. The second-order valence-corrected chi connectivity index (χ2v) is 6.43. The number of H-pyrrole nitrogens is 1. The van der Waals surface area contributed by atoms with Crippen molar-refractivity contribution < 1.29 is 0 Å². The van der Waals surface area contributed by atoms with E-state index in [1.54, 1.807) is 32.0 Å². The van der Waals surface area contributed by atoms with E-state index in [9.17, 15) is 9.59 Å². The Morgan fingerprint density at radius 3 is 2.77 bits per heavy atom. The standard InChI is InChI=1S/C18H16ClN5O2/c1-9(21-15-5-4-12(8-20)24(3)18(15)26)13-6-11-7-14(19)10(2)22-16(11)23-17(13)25/h4-7,9,21H,1-3H3,(H,22,23,25)/t9-/m0/s1. The summed E-state index contributed by atoms with van der Waals surface area (Å²) in [5.74, 6) is 0. The lowest BCUT2D eigenvalue weighted by Crippen LogP contribution is -2.26. The molecular formula is C18H16ClN5O2. The Morgan fingerprint density at radius 2 is 2.08 bits per heavy atom. The van der Waals surface area contributed by atoms with Gasteiger partial charge < -0.3 is 14.9 Å². The van der Waals surface area contributed by atoms with Crippen LogP contribution in [0.25, 0.3) is 11.0 Å². The quantitative estimate of drug-likeness (QED) is 0.738. The number of rotatable bonds is 3. The van der Waals surface area contributed by atoms with Gasteiger partial charge in [0.2, 0.25) is 0 Å². The van der Waals surface area contributed by atoms with E-state index >= 15 is 0 Å². The first-order chi connectivity index (χ1) is 12.3. The lowest BCUT2D eigenvalue weighted by atomic mass is 10.1. The predicted molar refractivity (Wildman–Crippen MR) is 101 cm³/mol. The molecular weight excluding hydrogens is 354 g/mol. The maximum absolute atomic E-state index is 12.4. The van der Waals surface area contributed by atoms with Crippen LogP contribution in [0.1, 0.15) is 29.9 Å². The van der Waals surface area contributed by atoms with Gasteiger partial charge in [-0.05, 0) is 38.1 Å². The van der Waals surface area contributed by atoms with Gasteiger partial charge in [0.25, 0.3) is 11.1 Å². The number of nitrogens with one attached hydrogen (secondary N) is 2. The van der Waals surface area contributed by atoms with Gasteiger partial charge in [0.05, 0.1) is 16.8 Å². The third-order valence-electron chi connectivity index (χ3n) is 4.24. The van der Waals surface area contributed by atoms with Crippen molar-refractivity contribution in [1.82, 2.24) is 14.5 Å². The van der Waals surface area contributed by atoms with Gasteiger partial charge in [-0.1, -0.05) is 11.6 Å². The van der Waals surface area contributed by atoms with Gasteiger partial charge in [0.15, 0.2) is 0 Å². The number of aryl methyl sites for hydroxylation is 1. The van der Waals surface area contributed by atoms with Gasteiger partial charge in [-0.25, -0.2) is 4.98 Å². The molecule has 0 aliphatic carbocycles. The maximum atomic E-state index is 12.4. The highest BCUT2D eigenvalue weighted by Gasteiger charge is 2.15. The Balaban J connectivity index is 2.02. The van der Waals surface area contributed by atoms with E-state index in [1.807, 2.05) is 6.07 Å². The highest BCUT2D eigenvalue weighted by atomic mass is 35.5. The third kappa shape index (κ3) is 3.07. The Labute approximate surface area is 153 Å². The average Bonchev–Trinajstić information content (AvgIpc) is 2.60. The summed E-state index contributed by atoms with van der Waals surface area (Å²) in [4.78, 5) is 31.8. The molecule has 3 heterocycles. The van der Waals surface area contributed by atoms with Crippen molar-refractivity contribution >= 4 is 28.3 Å². The van der Waals surface area contributed by atoms with Crippen LogP contribution in [0.4, 0.5) is 5.69 Å². The van der Waals surface area contributed by atoms with Crippen LogP contribution in [0.5, 0.6) is 0 Å². The molecule has 26 heavy (non-hydrogen) atoms. The zero-order valence-electron chi connectivity index (χ0n) is 14.4. The summed E-state index contributed by atoms with van der Waals surface area (Å²) in [5, 5.41) is 13.2. The molecule has 0 saturated carbocycles. The molecule has 1 atom stereocenters. The maximum Gasteiger partial charge on any atom is 0.274 e. The number of nitriles is 1. The molecule has 0 bridgehead atoms. The fourth-order valence-corrected chi connectivity index (χ4v) is 2.87. The topological polar surface area (TPSA) is 104 Å². The number of aromatic nitrogens is 3. The molecule has 0 amide bonds. The molecule has 0 saturated heterocycles. The smallest absolute Gasteiger partial charge is 0.274 e. The molecule has 0 aliphatic heterocycles. The van der Waals surface area contributed by atoms with E-state index in [1.165, 1.54) is 17.7 Å². The van der Waals surface area contributed by atoms with Gasteiger partial charge in [-0.3, -0.25) is 9.59 Å². The molecule has 8 heteroatoms. The zero-order chi connectivity index (χ0) is 19.0. The van der Waals surface area contributed by atoms with Crippen molar-refractivity contribution in [2.24, 2.45) is 7.05 Å². The zero-order valence-corrected chi connectivity index (χ0v) is 15.2. The van der Waals surface area contributed by atoms with Crippen molar-refractivity contribution in [3.63, 3.8) is 0 Å². The first-order valence-electron chi connectivity index (χ1n) is 7.88. The van der Waals surface area contributed by atoms with E-state index in [-0.39, 0.29) is 16.8 Å². The molecule has 7 nitrogen and oxygen atoms in total. The number of nitrogens with zero attached hydrogens (tertiary/aromatic N) is 3. The minimum atomic E-state index is -0.441. The number of anilines is 1. The lowest BCUT2D eigenvalue weighted by molar-refractivity contribution is 0.818. The van der Waals surface area contributed by atoms with Crippen molar-refractivity contribution in [2.45, 2.75) is 19.9 Å². The fourth-order valence-electron chi connectivity index (χ4n) is 2.71. The SMILES string of the molecule is Cc1nc2[nH]c(=O)c([C@H](C)Nc3ccc(C#N)n(C)c3=O)cc2cc1Cl. The number of pyridine rings is 3. The van der Waals surface area contributed by atoms with Gasteiger partial charge in [-0.2, -0.15) is 5.26 Å². The summed E-state index contributed by atoms with van der Waals surface area (Å²) in [7, 11) is 1.52. The second-order valence-electron chi connectivity index (χ2n) is 6.02. The number of hydrogen-bond donors (Lipinski definition) is 2. The highest BCUT2D eigenvalue weighted by Crippen LogP contribution is 2.21. The van der Waals surface area contributed by atoms with Crippen LogP contribution in [0.2, 0.25) is 5.02 Å². The van der Waals surface area contributed by atoms with E-state index < -0.39 is 6.04 Å². The molecule has 3 aromatic rings. The Bertz CT molecular complexity index is 1170. The van der Waals surface area contributed by atoms with Gasteiger partial charge in [0, 0.05) is 18.0 Å². The van der Waals surface area contributed by atoms with E-state index in [0.29, 0.717) is 33.0 Å². The molecule has 3 aromatic heterocycles. The number of aromatic amines is 1. The van der Waals surface area contributed by atoms with Crippen LogP contribution in [-0.4, -0.2) is 14.5 Å². The van der Waals surface area contributed by atoms with Crippen LogP contribution in [0.3, 0.4) is 0 Å². The Kier molecular flexibility index (Phi) is 4.53. The fraction of sp³-hybridized carbons (Fsp3) is 0.222. The average molecular weight is 370 g/mol. The Hall–Kier alpha value is -3.11. The predicted octanol–water partition coefficient (Wildman–Crippen LogP) is 2.63. The Morgan fingerprint density at radius 1 is 1.35 bits per heavy atom. The monoisotopic (exact) mass is 369 g/mol. The largest absolute Gasteiger partial charge is 0.374 e. The molecule has 0 unspecified atom stereocenters. The first kappa shape index (κ1) is 17.7. The molecule has 0 spiro atoms. The van der Waals surface area contributed by atoms with Crippen LogP contribution < -0.4 is 16.4 Å². The summed E-state index contributed by atoms with van der Waals surface area (Å²) in [5.41, 5.74) is 1.47. The molecule has 2 N–H and O–H groups in total. The number of hydrogen-bond acceptors (Lipinski definition) is 5. The second kappa shape index (κ2) is 6.65. The first-order valence-corrected chi connectivity index (χ1v) is 8.26. The van der Waals surface area contributed by atoms with E-state index in [4.69, 9.17) is 16.9 Å². The van der Waals surface area contributed by atoms with Gasteiger partial charge >= 0.3 is 0 Å². The lowest BCUT2D eigenvalue weighted by Gasteiger charge is -2.16. The van der Waals surface area contributed by atoms with Gasteiger partial charge in [0.1, 0.15) is 23.1 Å².